The maximum atomic E-state index is 5.32. The van der Waals surface area contributed by atoms with Gasteiger partial charge in [0.05, 0.1) is 27.6 Å². The van der Waals surface area contributed by atoms with Gasteiger partial charge < -0.3 is 4.57 Å². The Bertz CT molecular complexity index is 3290. The van der Waals surface area contributed by atoms with E-state index in [0.29, 0.717) is 0 Å². The van der Waals surface area contributed by atoms with Gasteiger partial charge >= 0.3 is 0 Å². The molecular weight excluding hydrogens is 631 g/mol. The lowest BCUT2D eigenvalue weighted by atomic mass is 10.00. The van der Waals surface area contributed by atoms with Crippen molar-refractivity contribution in [2.24, 2.45) is 0 Å². The Kier molecular flexibility index (Phi) is 5.50. The number of rotatable bonds is 3. The molecule has 0 saturated carbocycles. The summed E-state index contributed by atoms with van der Waals surface area (Å²) in [5, 5.41) is 8.70. The van der Waals surface area contributed by atoms with E-state index in [0.717, 1.165) is 22.4 Å². The summed E-state index contributed by atoms with van der Waals surface area (Å²) in [6.45, 7) is 0. The monoisotopic (exact) mass is 659 g/mol. The zero-order chi connectivity index (χ0) is 33.9. The summed E-state index contributed by atoms with van der Waals surface area (Å²) in [5.41, 5.74) is 14.4. The molecule has 52 heavy (non-hydrogen) atoms. The van der Waals surface area contributed by atoms with Crippen LogP contribution >= 0.6 is 0 Å². The summed E-state index contributed by atoms with van der Waals surface area (Å²) < 4.78 is 4.75. The molecule has 0 radical (unpaired) electrons. The van der Waals surface area contributed by atoms with Crippen LogP contribution < -0.4 is 0 Å². The van der Waals surface area contributed by atoms with Gasteiger partial charge in [0.15, 0.2) is 0 Å². The molecule has 0 unspecified atom stereocenters. The second-order valence-corrected chi connectivity index (χ2v) is 14.0. The topological polar surface area (TPSA) is 22.8 Å². The predicted molar refractivity (Wildman–Crippen MR) is 218 cm³/mol. The molecule has 0 N–H and O–H groups in total. The van der Waals surface area contributed by atoms with Gasteiger partial charge in [-0.25, -0.2) is 4.98 Å². The van der Waals surface area contributed by atoms with Crippen LogP contribution in [-0.4, -0.2) is 14.1 Å². The summed E-state index contributed by atoms with van der Waals surface area (Å²) in [7, 11) is 0. The summed E-state index contributed by atoms with van der Waals surface area (Å²) in [6.07, 6.45) is 0. The van der Waals surface area contributed by atoms with Gasteiger partial charge in [0, 0.05) is 32.6 Å². The van der Waals surface area contributed by atoms with Gasteiger partial charge in [0.1, 0.15) is 5.82 Å². The third-order valence-electron chi connectivity index (χ3n) is 11.2. The number of benzene rings is 8. The molecule has 0 aliphatic heterocycles. The van der Waals surface area contributed by atoms with Crippen molar-refractivity contribution in [1.29, 1.82) is 0 Å². The maximum absolute atomic E-state index is 5.32. The first-order valence-electron chi connectivity index (χ1n) is 17.9. The molecule has 240 valence electrons. The smallest absolute Gasteiger partial charge is 0.138 e. The second kappa shape index (κ2) is 10.3. The van der Waals surface area contributed by atoms with E-state index in [2.05, 4.69) is 185 Å². The first-order chi connectivity index (χ1) is 25.8. The molecule has 0 amide bonds. The molecule has 3 heterocycles. The molecule has 0 spiro atoms. The van der Waals surface area contributed by atoms with Crippen LogP contribution in [0.2, 0.25) is 0 Å². The van der Waals surface area contributed by atoms with Crippen LogP contribution in [0.5, 0.6) is 0 Å². The van der Waals surface area contributed by atoms with Gasteiger partial charge in [0.25, 0.3) is 0 Å². The number of nitrogens with zero attached hydrogens (tertiary/aromatic N) is 3. The number of hydrogen-bond donors (Lipinski definition) is 0. The van der Waals surface area contributed by atoms with Gasteiger partial charge in [-0.1, -0.05) is 109 Å². The van der Waals surface area contributed by atoms with Crippen LogP contribution in [0.4, 0.5) is 0 Å². The molecule has 8 aromatic carbocycles. The number of pyridine rings is 1. The number of aromatic nitrogens is 3. The summed E-state index contributed by atoms with van der Waals surface area (Å²) in [5.74, 6) is 0.942. The van der Waals surface area contributed by atoms with Crippen LogP contribution in [0.3, 0.4) is 0 Å². The van der Waals surface area contributed by atoms with E-state index in [1.165, 1.54) is 87.8 Å². The highest BCUT2D eigenvalue weighted by Gasteiger charge is 2.24. The zero-order valence-corrected chi connectivity index (χ0v) is 28.1. The van der Waals surface area contributed by atoms with Crippen molar-refractivity contribution in [2.75, 3.05) is 0 Å². The van der Waals surface area contributed by atoms with Crippen molar-refractivity contribution < 1.29 is 0 Å². The fraction of sp³-hybridized carbons (Fsp3) is 0. The van der Waals surface area contributed by atoms with Crippen LogP contribution in [0, 0.1) is 0 Å². The molecule has 0 saturated heterocycles. The van der Waals surface area contributed by atoms with Crippen molar-refractivity contribution >= 4 is 65.3 Å². The molecule has 3 aromatic heterocycles. The van der Waals surface area contributed by atoms with Gasteiger partial charge in [-0.15, -0.1) is 0 Å². The Balaban J connectivity index is 1.08. The average Bonchev–Trinajstić information content (AvgIpc) is 3.83. The van der Waals surface area contributed by atoms with E-state index in [-0.39, 0.29) is 0 Å². The summed E-state index contributed by atoms with van der Waals surface area (Å²) in [6, 6.07) is 64.2. The normalized spacial score (nSPS) is 12.2. The summed E-state index contributed by atoms with van der Waals surface area (Å²) in [4.78, 5) is 5.32. The predicted octanol–water partition coefficient (Wildman–Crippen LogP) is 12.9. The third-order valence-corrected chi connectivity index (χ3v) is 11.2. The van der Waals surface area contributed by atoms with Crippen LogP contribution in [0.1, 0.15) is 0 Å². The van der Waals surface area contributed by atoms with E-state index in [4.69, 9.17) is 4.98 Å². The quantitative estimate of drug-likeness (QED) is 0.185. The lowest BCUT2D eigenvalue weighted by Gasteiger charge is -2.11. The van der Waals surface area contributed by atoms with Gasteiger partial charge in [-0.2, -0.15) is 0 Å². The highest BCUT2D eigenvalue weighted by molar-refractivity contribution is 6.17. The SMILES string of the molecule is c1ccc(-n2c3ccc(-c4ccc5c(c4)c4ccccc4n5-c4cc5c6c(cccc6n4)-c4ccccc4-5)cc3c3cc4ccccc4cc32)cc1. The van der Waals surface area contributed by atoms with E-state index >= 15 is 0 Å². The van der Waals surface area contributed by atoms with Crippen molar-refractivity contribution in [2.45, 2.75) is 0 Å². The largest absolute Gasteiger partial charge is 0.309 e. The van der Waals surface area contributed by atoms with Crippen molar-refractivity contribution in [3.63, 3.8) is 0 Å². The summed E-state index contributed by atoms with van der Waals surface area (Å²) >= 11 is 0. The highest BCUT2D eigenvalue weighted by atomic mass is 15.1. The van der Waals surface area contributed by atoms with Crippen LogP contribution in [-0.2, 0) is 0 Å². The first-order valence-corrected chi connectivity index (χ1v) is 17.9. The third kappa shape index (κ3) is 3.77. The molecule has 3 nitrogen and oxygen atoms in total. The van der Waals surface area contributed by atoms with Crippen LogP contribution in [0.15, 0.2) is 176 Å². The lowest BCUT2D eigenvalue weighted by molar-refractivity contribution is 1.10. The van der Waals surface area contributed by atoms with Crippen molar-refractivity contribution in [3.05, 3.63) is 176 Å². The van der Waals surface area contributed by atoms with E-state index in [1.807, 2.05) is 0 Å². The molecule has 1 aliphatic rings. The maximum Gasteiger partial charge on any atom is 0.138 e. The van der Waals surface area contributed by atoms with Gasteiger partial charge in [-0.05, 0) is 111 Å². The number of para-hydroxylation sites is 2. The zero-order valence-electron chi connectivity index (χ0n) is 28.1. The standard InChI is InChI=1S/C49H29N3/c1-2-13-34(14-3-1)51-45-23-21-33(27-40(45)41-25-30-11-4-5-12-31(30)28-47(41)51)32-22-24-46-39(26-32)37-17-8-9-20-44(37)52(46)48-29-42-36-16-7-6-15-35(36)38-18-10-19-43(50-48)49(38)42/h1-29H. The average molecular weight is 660 g/mol. The van der Waals surface area contributed by atoms with Crippen LogP contribution in [0.25, 0.3) is 110 Å². The first kappa shape index (κ1) is 27.8. The van der Waals surface area contributed by atoms with Crippen molar-refractivity contribution in [3.8, 4) is 44.9 Å². The fourth-order valence-electron chi connectivity index (χ4n) is 8.92. The number of fused-ring (bicyclic) bond motifs is 10. The molecular formula is C49H29N3. The number of hydrogen-bond acceptors (Lipinski definition) is 1. The fourth-order valence-corrected chi connectivity index (χ4v) is 8.92. The Morgan fingerprint density at radius 2 is 0.942 bits per heavy atom. The van der Waals surface area contributed by atoms with E-state index in [9.17, 15) is 0 Å². The van der Waals surface area contributed by atoms with E-state index in [1.54, 1.807) is 0 Å². The Labute approximate surface area is 299 Å². The molecule has 11 aromatic rings. The van der Waals surface area contributed by atoms with Gasteiger partial charge in [0.2, 0.25) is 0 Å². The highest BCUT2D eigenvalue weighted by Crippen LogP contribution is 2.48. The molecule has 3 heteroatoms. The van der Waals surface area contributed by atoms with E-state index < -0.39 is 0 Å². The lowest BCUT2D eigenvalue weighted by Crippen LogP contribution is -1.98. The molecule has 0 fully saturated rings. The minimum Gasteiger partial charge on any atom is -0.309 e. The van der Waals surface area contributed by atoms with Gasteiger partial charge in [-0.3, -0.25) is 4.57 Å². The minimum atomic E-state index is 0.942. The molecule has 12 rings (SSSR count). The molecule has 0 atom stereocenters. The second-order valence-electron chi connectivity index (χ2n) is 14.0. The van der Waals surface area contributed by atoms with Crippen molar-refractivity contribution in [1.82, 2.24) is 14.1 Å². The minimum absolute atomic E-state index is 0.942. The Hall–Kier alpha value is -6.97. The molecule has 0 bridgehead atoms. The Morgan fingerprint density at radius 1 is 0.346 bits per heavy atom. The molecule has 1 aliphatic carbocycles. The Morgan fingerprint density at radius 3 is 1.75 bits per heavy atom.